The largest absolute Gasteiger partial charge is 0.465 e. The molecule has 0 saturated carbocycles. The van der Waals surface area contributed by atoms with Crippen LogP contribution in [0.1, 0.15) is 31.8 Å². The topological polar surface area (TPSA) is 75.7 Å². The maximum Gasteiger partial charge on any atom is 0.338 e. The van der Waals surface area contributed by atoms with E-state index in [0.717, 1.165) is 5.56 Å². The van der Waals surface area contributed by atoms with E-state index < -0.39 is 5.97 Å². The smallest absolute Gasteiger partial charge is 0.338 e. The SMILES string of the molecule is C=C1c2ccccc2C(=O)N1CC(=O)Nc1cccc(C(=O)OC)c1C. The molecule has 6 heteroatoms. The van der Waals surface area contributed by atoms with E-state index >= 15 is 0 Å². The normalized spacial score (nSPS) is 12.8. The molecule has 26 heavy (non-hydrogen) atoms. The van der Waals surface area contributed by atoms with E-state index in [1.807, 2.05) is 6.07 Å². The number of nitrogens with zero attached hydrogens (tertiary/aromatic N) is 1. The fourth-order valence-corrected chi connectivity index (χ4v) is 2.94. The number of fused-ring (bicyclic) bond motifs is 1. The summed E-state index contributed by atoms with van der Waals surface area (Å²) in [6.07, 6.45) is 0. The molecule has 1 heterocycles. The maximum atomic E-state index is 12.5. The number of carbonyl (C=O) groups excluding carboxylic acids is 3. The molecule has 3 rings (SSSR count). The van der Waals surface area contributed by atoms with Gasteiger partial charge in [-0.15, -0.1) is 0 Å². The van der Waals surface area contributed by atoms with Gasteiger partial charge in [-0.1, -0.05) is 30.8 Å². The molecule has 2 aromatic carbocycles. The van der Waals surface area contributed by atoms with Gasteiger partial charge < -0.3 is 10.1 Å². The average molecular weight is 350 g/mol. The fourth-order valence-electron chi connectivity index (χ4n) is 2.94. The Labute approximate surface area is 151 Å². The zero-order valence-corrected chi connectivity index (χ0v) is 14.5. The van der Waals surface area contributed by atoms with Crippen LogP contribution in [-0.2, 0) is 9.53 Å². The van der Waals surface area contributed by atoms with Gasteiger partial charge in [-0.3, -0.25) is 14.5 Å². The van der Waals surface area contributed by atoms with Gasteiger partial charge in [0.1, 0.15) is 6.54 Å². The molecule has 132 valence electrons. The lowest BCUT2D eigenvalue weighted by atomic mass is 10.1. The Bertz CT molecular complexity index is 898. The Hall–Kier alpha value is -3.41. The number of hydrogen-bond donors (Lipinski definition) is 1. The zero-order chi connectivity index (χ0) is 18.8. The van der Waals surface area contributed by atoms with Crippen LogP contribution in [0.3, 0.4) is 0 Å². The zero-order valence-electron chi connectivity index (χ0n) is 14.5. The summed E-state index contributed by atoms with van der Waals surface area (Å²) in [5.41, 5.74) is 3.23. The first-order chi connectivity index (χ1) is 12.4. The molecule has 0 saturated heterocycles. The predicted molar refractivity (Wildman–Crippen MR) is 97.7 cm³/mol. The van der Waals surface area contributed by atoms with Gasteiger partial charge in [-0.05, 0) is 30.7 Å². The summed E-state index contributed by atoms with van der Waals surface area (Å²) >= 11 is 0. The molecule has 2 aromatic rings. The second-order valence-corrected chi connectivity index (χ2v) is 5.90. The van der Waals surface area contributed by atoms with Crippen LogP contribution in [-0.4, -0.2) is 36.3 Å². The van der Waals surface area contributed by atoms with E-state index in [9.17, 15) is 14.4 Å². The van der Waals surface area contributed by atoms with E-state index in [1.165, 1.54) is 12.0 Å². The van der Waals surface area contributed by atoms with Crippen LogP contribution in [0.15, 0.2) is 49.0 Å². The number of ether oxygens (including phenoxy) is 1. The number of methoxy groups -OCH3 is 1. The lowest BCUT2D eigenvalue weighted by Crippen LogP contribution is -2.33. The average Bonchev–Trinajstić information content (AvgIpc) is 2.88. The van der Waals surface area contributed by atoms with Gasteiger partial charge in [-0.25, -0.2) is 4.79 Å². The summed E-state index contributed by atoms with van der Waals surface area (Å²) in [7, 11) is 1.30. The number of carbonyl (C=O) groups is 3. The minimum Gasteiger partial charge on any atom is -0.465 e. The molecular weight excluding hydrogens is 332 g/mol. The molecule has 0 aromatic heterocycles. The standard InChI is InChI=1S/C20H18N2O4/c1-12-14(20(25)26-3)9-6-10-17(12)21-18(23)11-22-13(2)15-7-4-5-8-16(15)19(22)24/h4-10H,2,11H2,1,3H3,(H,21,23). The van der Waals surface area contributed by atoms with Crippen LogP contribution in [0.5, 0.6) is 0 Å². The predicted octanol–water partition coefficient (Wildman–Crippen LogP) is 2.85. The highest BCUT2D eigenvalue weighted by atomic mass is 16.5. The van der Waals surface area contributed by atoms with Crippen molar-refractivity contribution in [3.05, 3.63) is 71.3 Å². The van der Waals surface area contributed by atoms with Crippen molar-refractivity contribution in [3.8, 4) is 0 Å². The third-order valence-corrected chi connectivity index (χ3v) is 4.35. The monoisotopic (exact) mass is 350 g/mol. The van der Waals surface area contributed by atoms with E-state index in [1.54, 1.807) is 43.3 Å². The molecule has 0 unspecified atom stereocenters. The van der Waals surface area contributed by atoms with Crippen molar-refractivity contribution in [1.82, 2.24) is 4.90 Å². The van der Waals surface area contributed by atoms with E-state index in [-0.39, 0.29) is 18.4 Å². The van der Waals surface area contributed by atoms with Gasteiger partial charge in [0.15, 0.2) is 0 Å². The molecule has 0 atom stereocenters. The second-order valence-electron chi connectivity index (χ2n) is 5.90. The third-order valence-electron chi connectivity index (χ3n) is 4.35. The Balaban J connectivity index is 1.76. The molecule has 1 N–H and O–H groups in total. The summed E-state index contributed by atoms with van der Waals surface area (Å²) in [4.78, 5) is 38.0. The van der Waals surface area contributed by atoms with Gasteiger partial charge in [0.25, 0.3) is 5.91 Å². The number of benzene rings is 2. The van der Waals surface area contributed by atoms with E-state index in [4.69, 9.17) is 4.74 Å². The van der Waals surface area contributed by atoms with E-state index in [0.29, 0.717) is 28.1 Å². The first-order valence-electron chi connectivity index (χ1n) is 8.02. The van der Waals surface area contributed by atoms with Crippen LogP contribution in [0, 0.1) is 6.92 Å². The summed E-state index contributed by atoms with van der Waals surface area (Å²) in [5, 5.41) is 2.74. The van der Waals surface area contributed by atoms with Gasteiger partial charge >= 0.3 is 5.97 Å². The van der Waals surface area contributed by atoms with Crippen LogP contribution >= 0.6 is 0 Å². The molecule has 0 radical (unpaired) electrons. The number of nitrogens with one attached hydrogen (secondary N) is 1. The molecule has 1 aliphatic rings. The number of esters is 1. The molecular formula is C20H18N2O4. The highest BCUT2D eigenvalue weighted by Gasteiger charge is 2.31. The Kier molecular flexibility index (Phi) is 4.58. The first-order valence-corrected chi connectivity index (χ1v) is 8.02. The number of anilines is 1. The highest BCUT2D eigenvalue weighted by Crippen LogP contribution is 2.31. The fraction of sp³-hybridized carbons (Fsp3) is 0.150. The summed E-state index contributed by atoms with van der Waals surface area (Å²) in [5.74, 6) is -1.10. The van der Waals surface area contributed by atoms with Crippen LogP contribution in [0.4, 0.5) is 5.69 Å². The van der Waals surface area contributed by atoms with Crippen molar-refractivity contribution in [3.63, 3.8) is 0 Å². The molecule has 0 fully saturated rings. The Morgan fingerprint density at radius 1 is 1.12 bits per heavy atom. The van der Waals surface area contributed by atoms with E-state index in [2.05, 4.69) is 11.9 Å². The van der Waals surface area contributed by atoms with Crippen molar-refractivity contribution in [2.75, 3.05) is 19.0 Å². The van der Waals surface area contributed by atoms with Crippen molar-refractivity contribution >= 4 is 29.2 Å². The second kappa shape index (κ2) is 6.84. The quantitative estimate of drug-likeness (QED) is 0.861. The molecule has 2 amide bonds. The minimum atomic E-state index is -0.475. The minimum absolute atomic E-state index is 0.158. The molecule has 6 nitrogen and oxygen atoms in total. The van der Waals surface area contributed by atoms with Crippen molar-refractivity contribution < 1.29 is 19.1 Å². The Morgan fingerprint density at radius 3 is 2.46 bits per heavy atom. The maximum absolute atomic E-state index is 12.5. The molecule has 0 spiro atoms. The molecule has 1 aliphatic heterocycles. The number of rotatable bonds is 4. The van der Waals surface area contributed by atoms with Crippen molar-refractivity contribution in [1.29, 1.82) is 0 Å². The summed E-state index contributed by atoms with van der Waals surface area (Å²) in [6.45, 7) is 5.48. The number of amides is 2. The van der Waals surface area contributed by atoms with Gasteiger partial charge in [0.05, 0.1) is 12.7 Å². The van der Waals surface area contributed by atoms with Gasteiger partial charge in [0.2, 0.25) is 5.91 Å². The van der Waals surface area contributed by atoms with Crippen LogP contribution in [0.2, 0.25) is 0 Å². The summed E-state index contributed by atoms with van der Waals surface area (Å²) in [6, 6.07) is 12.1. The lowest BCUT2D eigenvalue weighted by molar-refractivity contribution is -0.116. The highest BCUT2D eigenvalue weighted by molar-refractivity contribution is 6.11. The molecule has 0 aliphatic carbocycles. The van der Waals surface area contributed by atoms with Crippen LogP contribution in [0.25, 0.3) is 5.70 Å². The Morgan fingerprint density at radius 2 is 1.81 bits per heavy atom. The van der Waals surface area contributed by atoms with Crippen molar-refractivity contribution in [2.45, 2.75) is 6.92 Å². The first kappa shape index (κ1) is 17.4. The lowest BCUT2D eigenvalue weighted by Gasteiger charge is -2.18. The third kappa shape index (κ3) is 2.97. The number of hydrogen-bond acceptors (Lipinski definition) is 4. The van der Waals surface area contributed by atoms with Gasteiger partial charge in [-0.2, -0.15) is 0 Å². The summed E-state index contributed by atoms with van der Waals surface area (Å²) < 4.78 is 4.73. The van der Waals surface area contributed by atoms with Gasteiger partial charge in [0, 0.05) is 22.5 Å². The van der Waals surface area contributed by atoms with Crippen LogP contribution < -0.4 is 5.32 Å². The van der Waals surface area contributed by atoms with Crippen molar-refractivity contribution in [2.24, 2.45) is 0 Å². The molecule has 0 bridgehead atoms.